The molecule has 1 amide bonds. The molecule has 2 aromatic carbocycles. The molecule has 5 nitrogen and oxygen atoms in total. The average molecular weight is 390 g/mol. The van der Waals surface area contributed by atoms with E-state index in [-0.39, 0.29) is 11.5 Å². The number of hydrogen-bond donors (Lipinski definition) is 1. The highest BCUT2D eigenvalue weighted by molar-refractivity contribution is 6.12. The van der Waals surface area contributed by atoms with Crippen LogP contribution in [0.3, 0.4) is 0 Å². The van der Waals surface area contributed by atoms with E-state index in [9.17, 15) is 9.59 Å². The topological polar surface area (TPSA) is 60.3 Å². The van der Waals surface area contributed by atoms with E-state index in [0.717, 1.165) is 29.3 Å². The molecule has 0 atom stereocenters. The summed E-state index contributed by atoms with van der Waals surface area (Å²) in [6, 6.07) is 16.5. The van der Waals surface area contributed by atoms with Gasteiger partial charge in [0.05, 0.1) is 23.8 Å². The molecule has 0 saturated heterocycles. The van der Waals surface area contributed by atoms with Crippen LogP contribution in [0.25, 0.3) is 10.9 Å². The molecule has 5 heteroatoms. The summed E-state index contributed by atoms with van der Waals surface area (Å²) in [6.07, 6.45) is 6.39. The van der Waals surface area contributed by atoms with E-state index >= 15 is 0 Å². The fourth-order valence-corrected chi connectivity index (χ4v) is 3.98. The molecule has 0 spiro atoms. The standard InChI is InChI=1S/C24H26N2O3/c1-26-22-13-6-5-12-20(22)21(15-23(26)27)24(28)25-18-9-7-8-17(14-18)16-29-19-10-3-2-4-11-19/h5-9,12-15,19H,2-4,10-11,16H2,1H3,(H,25,28). The summed E-state index contributed by atoms with van der Waals surface area (Å²) in [5.74, 6) is -0.288. The Morgan fingerprint density at radius 2 is 1.86 bits per heavy atom. The van der Waals surface area contributed by atoms with E-state index in [4.69, 9.17) is 4.74 Å². The van der Waals surface area contributed by atoms with Gasteiger partial charge < -0.3 is 14.6 Å². The van der Waals surface area contributed by atoms with Gasteiger partial charge in [0.15, 0.2) is 0 Å². The number of rotatable bonds is 5. The van der Waals surface area contributed by atoms with Crippen molar-refractivity contribution in [1.82, 2.24) is 4.57 Å². The van der Waals surface area contributed by atoms with Crippen molar-refractivity contribution in [2.45, 2.75) is 44.8 Å². The van der Waals surface area contributed by atoms with Crippen molar-refractivity contribution < 1.29 is 9.53 Å². The van der Waals surface area contributed by atoms with Crippen LogP contribution in [0.4, 0.5) is 5.69 Å². The first-order valence-corrected chi connectivity index (χ1v) is 10.2. The predicted molar refractivity (Wildman–Crippen MR) is 115 cm³/mol. The van der Waals surface area contributed by atoms with Gasteiger partial charge in [-0.3, -0.25) is 9.59 Å². The van der Waals surface area contributed by atoms with Crippen molar-refractivity contribution in [3.63, 3.8) is 0 Å². The fourth-order valence-electron chi connectivity index (χ4n) is 3.98. The highest BCUT2D eigenvalue weighted by Crippen LogP contribution is 2.22. The molecule has 1 saturated carbocycles. The first-order chi connectivity index (χ1) is 14.1. The Labute approximate surface area is 170 Å². The molecule has 0 unspecified atom stereocenters. The zero-order chi connectivity index (χ0) is 20.2. The number of hydrogen-bond acceptors (Lipinski definition) is 3. The Morgan fingerprint density at radius 3 is 2.69 bits per heavy atom. The van der Waals surface area contributed by atoms with E-state index in [2.05, 4.69) is 5.32 Å². The fraction of sp³-hybridized carbons (Fsp3) is 0.333. The number of para-hydroxylation sites is 1. The molecular weight excluding hydrogens is 364 g/mol. The maximum Gasteiger partial charge on any atom is 0.256 e. The molecule has 150 valence electrons. The average Bonchev–Trinajstić information content (AvgIpc) is 2.76. The van der Waals surface area contributed by atoms with Gasteiger partial charge in [0.1, 0.15) is 0 Å². The number of benzene rings is 2. The third kappa shape index (κ3) is 4.40. The van der Waals surface area contributed by atoms with E-state index < -0.39 is 0 Å². The lowest BCUT2D eigenvalue weighted by molar-refractivity contribution is 0.0169. The van der Waals surface area contributed by atoms with Crippen LogP contribution >= 0.6 is 0 Å². The summed E-state index contributed by atoms with van der Waals surface area (Å²) in [4.78, 5) is 25.2. The van der Waals surface area contributed by atoms with E-state index in [1.54, 1.807) is 11.6 Å². The quantitative estimate of drug-likeness (QED) is 0.690. The van der Waals surface area contributed by atoms with Crippen molar-refractivity contribution in [3.05, 3.63) is 76.1 Å². The monoisotopic (exact) mass is 390 g/mol. The zero-order valence-electron chi connectivity index (χ0n) is 16.7. The molecule has 4 rings (SSSR count). The van der Waals surface area contributed by atoms with Gasteiger partial charge >= 0.3 is 0 Å². The van der Waals surface area contributed by atoms with Gasteiger partial charge in [0, 0.05) is 24.2 Å². The molecule has 1 aromatic heterocycles. The highest BCUT2D eigenvalue weighted by Gasteiger charge is 2.15. The van der Waals surface area contributed by atoms with Crippen LogP contribution in [0.1, 0.15) is 48.0 Å². The minimum atomic E-state index is -0.288. The van der Waals surface area contributed by atoms with Gasteiger partial charge in [-0.05, 0) is 36.6 Å². The number of amides is 1. The highest BCUT2D eigenvalue weighted by atomic mass is 16.5. The molecule has 3 aromatic rings. The Morgan fingerprint density at radius 1 is 1.07 bits per heavy atom. The molecule has 1 N–H and O–H groups in total. The number of aryl methyl sites for hydroxylation is 1. The SMILES string of the molecule is Cn1c(=O)cc(C(=O)Nc2cccc(COC3CCCCC3)c2)c2ccccc21. The lowest BCUT2D eigenvalue weighted by atomic mass is 9.98. The number of carbonyl (C=O) groups excluding carboxylic acids is 1. The molecule has 29 heavy (non-hydrogen) atoms. The third-order valence-electron chi connectivity index (χ3n) is 5.62. The van der Waals surface area contributed by atoms with Crippen LogP contribution in [0.2, 0.25) is 0 Å². The lowest BCUT2D eigenvalue weighted by Crippen LogP contribution is -2.21. The van der Waals surface area contributed by atoms with Crippen LogP contribution in [0.15, 0.2) is 59.4 Å². The van der Waals surface area contributed by atoms with Crippen molar-refractivity contribution in [1.29, 1.82) is 0 Å². The number of aromatic nitrogens is 1. The number of anilines is 1. The molecular formula is C24H26N2O3. The van der Waals surface area contributed by atoms with Crippen LogP contribution in [0.5, 0.6) is 0 Å². The summed E-state index contributed by atoms with van der Waals surface area (Å²) in [7, 11) is 1.71. The first kappa shape index (κ1) is 19.4. The lowest BCUT2D eigenvalue weighted by Gasteiger charge is -2.22. The number of carbonyl (C=O) groups is 1. The zero-order valence-corrected chi connectivity index (χ0v) is 16.7. The number of nitrogens with one attached hydrogen (secondary N) is 1. The molecule has 1 heterocycles. The molecule has 1 aliphatic carbocycles. The van der Waals surface area contributed by atoms with Gasteiger partial charge in [-0.2, -0.15) is 0 Å². The van der Waals surface area contributed by atoms with Crippen molar-refractivity contribution >= 4 is 22.5 Å². The second-order valence-corrected chi connectivity index (χ2v) is 7.70. The maximum absolute atomic E-state index is 12.9. The maximum atomic E-state index is 12.9. The third-order valence-corrected chi connectivity index (χ3v) is 5.62. The molecule has 1 aliphatic rings. The second-order valence-electron chi connectivity index (χ2n) is 7.70. The summed E-state index contributed by atoms with van der Waals surface area (Å²) in [6.45, 7) is 0.545. The molecule has 0 bridgehead atoms. The second kappa shape index (κ2) is 8.62. The number of pyridine rings is 1. The van der Waals surface area contributed by atoms with Crippen molar-refractivity contribution in [2.24, 2.45) is 7.05 Å². The summed E-state index contributed by atoms with van der Waals surface area (Å²) in [5, 5.41) is 3.69. The molecule has 1 fully saturated rings. The molecule has 0 aliphatic heterocycles. The normalized spacial score (nSPS) is 14.8. The number of nitrogens with zero attached hydrogens (tertiary/aromatic N) is 1. The van der Waals surface area contributed by atoms with Gasteiger partial charge in [-0.15, -0.1) is 0 Å². The van der Waals surface area contributed by atoms with Crippen molar-refractivity contribution in [2.75, 3.05) is 5.32 Å². The van der Waals surface area contributed by atoms with Gasteiger partial charge in [0.25, 0.3) is 11.5 Å². The largest absolute Gasteiger partial charge is 0.374 e. The van der Waals surface area contributed by atoms with Gasteiger partial charge in [-0.1, -0.05) is 49.6 Å². The van der Waals surface area contributed by atoms with E-state index in [0.29, 0.717) is 24.0 Å². The smallest absolute Gasteiger partial charge is 0.256 e. The minimum Gasteiger partial charge on any atom is -0.374 e. The Hall–Kier alpha value is -2.92. The Kier molecular flexibility index (Phi) is 5.76. The van der Waals surface area contributed by atoms with Gasteiger partial charge in [-0.25, -0.2) is 0 Å². The summed E-state index contributed by atoms with van der Waals surface area (Å²) < 4.78 is 7.59. The molecule has 0 radical (unpaired) electrons. The summed E-state index contributed by atoms with van der Waals surface area (Å²) in [5.41, 5.74) is 2.64. The minimum absolute atomic E-state index is 0.205. The van der Waals surface area contributed by atoms with Crippen molar-refractivity contribution in [3.8, 4) is 0 Å². The van der Waals surface area contributed by atoms with E-state index in [1.165, 1.54) is 25.3 Å². The predicted octanol–water partition coefficient (Wildman–Crippen LogP) is 4.64. The van der Waals surface area contributed by atoms with Crippen LogP contribution < -0.4 is 10.9 Å². The number of ether oxygens (including phenoxy) is 1. The van der Waals surface area contributed by atoms with Gasteiger partial charge in [0.2, 0.25) is 0 Å². The van der Waals surface area contributed by atoms with E-state index in [1.807, 2.05) is 48.5 Å². The Bertz CT molecular complexity index is 1080. The summed E-state index contributed by atoms with van der Waals surface area (Å²) >= 11 is 0. The Balaban J connectivity index is 1.51. The van der Waals surface area contributed by atoms with Crippen LogP contribution in [0, 0.1) is 0 Å². The van der Waals surface area contributed by atoms with Crippen LogP contribution in [-0.2, 0) is 18.4 Å². The van der Waals surface area contributed by atoms with Crippen LogP contribution in [-0.4, -0.2) is 16.6 Å². The number of fused-ring (bicyclic) bond motifs is 1. The first-order valence-electron chi connectivity index (χ1n) is 10.2.